The molecule has 8 heteroatoms. The number of amides is 1. The molecule has 0 saturated carbocycles. The maximum Gasteiger partial charge on any atom is 0.290 e. The summed E-state index contributed by atoms with van der Waals surface area (Å²) < 4.78 is 30.5. The summed E-state index contributed by atoms with van der Waals surface area (Å²) in [6.07, 6.45) is 1.93. The average molecular weight is 318 g/mol. The van der Waals surface area contributed by atoms with Crippen LogP contribution in [-0.4, -0.2) is 43.9 Å². The minimum Gasteiger partial charge on any atom is -0.438 e. The molecule has 1 amide bonds. The van der Waals surface area contributed by atoms with E-state index in [1.807, 2.05) is 0 Å². The van der Waals surface area contributed by atoms with Crippen molar-refractivity contribution in [1.82, 2.24) is 9.62 Å². The molecule has 1 N–H and O–H groups in total. The summed E-state index contributed by atoms with van der Waals surface area (Å²) in [4.78, 5) is 14.1. The Morgan fingerprint density at radius 2 is 2.30 bits per heavy atom. The van der Waals surface area contributed by atoms with Gasteiger partial charge in [-0.2, -0.15) is 0 Å². The van der Waals surface area contributed by atoms with E-state index >= 15 is 0 Å². The smallest absolute Gasteiger partial charge is 0.290 e. The van der Waals surface area contributed by atoms with Crippen LogP contribution in [0.25, 0.3) is 0 Å². The summed E-state index contributed by atoms with van der Waals surface area (Å²) in [7, 11) is -2.35. The van der Waals surface area contributed by atoms with Gasteiger partial charge in [-0.15, -0.1) is 11.8 Å². The molecule has 0 radical (unpaired) electrons. The van der Waals surface area contributed by atoms with Crippen LogP contribution < -0.4 is 4.72 Å². The van der Waals surface area contributed by atoms with Crippen molar-refractivity contribution in [2.24, 2.45) is 0 Å². The second kappa shape index (κ2) is 6.19. The van der Waals surface area contributed by atoms with E-state index in [9.17, 15) is 13.2 Å². The van der Waals surface area contributed by atoms with Crippen molar-refractivity contribution in [3.63, 3.8) is 0 Å². The van der Waals surface area contributed by atoms with Gasteiger partial charge in [0.1, 0.15) is 0 Å². The van der Waals surface area contributed by atoms with Crippen LogP contribution in [0.1, 0.15) is 30.3 Å². The molecule has 2 heterocycles. The zero-order valence-corrected chi connectivity index (χ0v) is 13.1. The van der Waals surface area contributed by atoms with Crippen molar-refractivity contribution in [1.29, 1.82) is 0 Å². The molecule has 112 valence electrons. The van der Waals surface area contributed by atoms with Crippen LogP contribution in [0, 0.1) is 0 Å². The highest BCUT2D eigenvalue weighted by Gasteiger charge is 2.31. The molecule has 0 bridgehead atoms. The zero-order valence-electron chi connectivity index (χ0n) is 11.5. The third-order valence-electron chi connectivity index (χ3n) is 3.11. The van der Waals surface area contributed by atoms with Crippen LogP contribution in [-0.2, 0) is 10.0 Å². The SMILES string of the molecule is CCCC1SCCN1C(=O)c1ccc(S(=O)(=O)NC)o1. The summed E-state index contributed by atoms with van der Waals surface area (Å²) in [5.41, 5.74) is 0. The summed E-state index contributed by atoms with van der Waals surface area (Å²) in [5, 5.41) is -0.0794. The highest BCUT2D eigenvalue weighted by atomic mass is 32.2. The summed E-state index contributed by atoms with van der Waals surface area (Å²) in [6.45, 7) is 2.75. The van der Waals surface area contributed by atoms with Gasteiger partial charge in [0.05, 0.1) is 5.37 Å². The standard InChI is InChI=1S/C12H18N2O4S2/c1-3-4-10-14(7-8-19-10)12(15)9-5-6-11(18-9)20(16,17)13-2/h5-6,10,13H,3-4,7-8H2,1-2H3. The zero-order chi connectivity index (χ0) is 14.8. The average Bonchev–Trinajstić information content (AvgIpc) is 3.07. The fraction of sp³-hybridized carbons (Fsp3) is 0.583. The Morgan fingerprint density at radius 1 is 1.55 bits per heavy atom. The normalized spacial score (nSPS) is 19.5. The Labute approximate surface area is 122 Å². The first-order chi connectivity index (χ1) is 9.49. The van der Waals surface area contributed by atoms with Crippen molar-refractivity contribution in [3.05, 3.63) is 17.9 Å². The molecule has 1 fully saturated rings. The first-order valence-electron chi connectivity index (χ1n) is 6.45. The number of rotatable bonds is 5. The third-order valence-corrected chi connectivity index (χ3v) is 5.69. The molecule has 1 unspecified atom stereocenters. The Balaban J connectivity index is 2.18. The minimum absolute atomic E-state index is 0.0717. The molecule has 2 rings (SSSR count). The lowest BCUT2D eigenvalue weighted by Crippen LogP contribution is -2.34. The van der Waals surface area contributed by atoms with Crippen molar-refractivity contribution < 1.29 is 17.6 Å². The fourth-order valence-corrected chi connectivity index (χ4v) is 4.07. The molecule has 20 heavy (non-hydrogen) atoms. The lowest BCUT2D eigenvalue weighted by atomic mass is 10.3. The molecular weight excluding hydrogens is 300 g/mol. The lowest BCUT2D eigenvalue weighted by molar-refractivity contribution is 0.0718. The van der Waals surface area contributed by atoms with E-state index in [-0.39, 0.29) is 22.1 Å². The van der Waals surface area contributed by atoms with Gasteiger partial charge in [0, 0.05) is 12.3 Å². The predicted molar refractivity (Wildman–Crippen MR) is 77.1 cm³/mol. The van der Waals surface area contributed by atoms with Gasteiger partial charge in [0.2, 0.25) is 5.09 Å². The molecule has 1 aliphatic rings. The number of carbonyl (C=O) groups excluding carboxylic acids is 1. The van der Waals surface area contributed by atoms with Gasteiger partial charge in [0.15, 0.2) is 5.76 Å². The van der Waals surface area contributed by atoms with Crippen LogP contribution in [0.3, 0.4) is 0 Å². The number of nitrogens with one attached hydrogen (secondary N) is 1. The summed E-state index contributed by atoms with van der Waals surface area (Å²) in [5.74, 6) is 0.729. The van der Waals surface area contributed by atoms with Gasteiger partial charge in [-0.25, -0.2) is 13.1 Å². The largest absolute Gasteiger partial charge is 0.438 e. The molecule has 0 aromatic carbocycles. The number of thioether (sulfide) groups is 1. The number of hydrogen-bond acceptors (Lipinski definition) is 5. The Morgan fingerprint density at radius 3 is 2.95 bits per heavy atom. The van der Waals surface area contributed by atoms with Crippen molar-refractivity contribution >= 4 is 27.7 Å². The lowest BCUT2D eigenvalue weighted by Gasteiger charge is -2.22. The Bertz CT molecular complexity index is 582. The van der Waals surface area contributed by atoms with Crippen molar-refractivity contribution in [3.8, 4) is 0 Å². The first kappa shape index (κ1) is 15.4. The van der Waals surface area contributed by atoms with Crippen LogP contribution in [0.2, 0.25) is 0 Å². The summed E-state index contributed by atoms with van der Waals surface area (Å²) in [6, 6.07) is 2.72. The minimum atomic E-state index is -3.65. The number of hydrogen-bond donors (Lipinski definition) is 1. The topological polar surface area (TPSA) is 79.6 Å². The van der Waals surface area contributed by atoms with Gasteiger partial charge >= 0.3 is 0 Å². The van der Waals surface area contributed by atoms with E-state index in [1.54, 1.807) is 16.7 Å². The Kier molecular flexibility index (Phi) is 4.77. The molecule has 0 aliphatic carbocycles. The van der Waals surface area contributed by atoms with Crippen molar-refractivity contribution in [2.45, 2.75) is 30.2 Å². The summed E-state index contributed by atoms with van der Waals surface area (Å²) >= 11 is 1.75. The molecule has 6 nitrogen and oxygen atoms in total. The Hall–Kier alpha value is -0.990. The number of sulfonamides is 1. The van der Waals surface area contributed by atoms with Gasteiger partial charge in [-0.05, 0) is 25.6 Å². The first-order valence-corrected chi connectivity index (χ1v) is 8.98. The highest BCUT2D eigenvalue weighted by molar-refractivity contribution is 8.00. The monoisotopic (exact) mass is 318 g/mol. The van der Waals surface area contributed by atoms with E-state index in [1.165, 1.54) is 19.2 Å². The van der Waals surface area contributed by atoms with Crippen LogP contribution >= 0.6 is 11.8 Å². The second-order valence-electron chi connectivity index (χ2n) is 4.44. The van der Waals surface area contributed by atoms with E-state index in [0.717, 1.165) is 18.6 Å². The van der Waals surface area contributed by atoms with Gasteiger partial charge in [-0.1, -0.05) is 13.3 Å². The molecule has 1 aliphatic heterocycles. The second-order valence-corrected chi connectivity index (χ2v) is 7.54. The maximum atomic E-state index is 12.4. The fourth-order valence-electron chi connectivity index (χ4n) is 2.06. The molecule has 1 saturated heterocycles. The van der Waals surface area contributed by atoms with Crippen molar-refractivity contribution in [2.75, 3.05) is 19.3 Å². The van der Waals surface area contributed by atoms with E-state index in [2.05, 4.69) is 11.6 Å². The molecule has 1 aromatic rings. The quantitative estimate of drug-likeness (QED) is 0.890. The number of furan rings is 1. The van der Waals surface area contributed by atoms with E-state index in [0.29, 0.717) is 6.54 Å². The third kappa shape index (κ3) is 3.02. The molecule has 1 atom stereocenters. The van der Waals surface area contributed by atoms with Crippen LogP contribution in [0.4, 0.5) is 0 Å². The number of carbonyl (C=O) groups is 1. The van der Waals surface area contributed by atoms with Gasteiger partial charge in [0.25, 0.3) is 15.9 Å². The van der Waals surface area contributed by atoms with Gasteiger partial charge < -0.3 is 9.32 Å². The molecular formula is C12H18N2O4S2. The maximum absolute atomic E-state index is 12.4. The molecule has 1 aromatic heterocycles. The highest BCUT2D eigenvalue weighted by Crippen LogP contribution is 2.29. The molecule has 0 spiro atoms. The van der Waals surface area contributed by atoms with E-state index < -0.39 is 10.0 Å². The van der Waals surface area contributed by atoms with E-state index in [4.69, 9.17) is 4.42 Å². The van der Waals surface area contributed by atoms with Crippen LogP contribution in [0.15, 0.2) is 21.6 Å². The predicted octanol–water partition coefficient (Wildman–Crippen LogP) is 1.50. The van der Waals surface area contributed by atoms with Crippen LogP contribution in [0.5, 0.6) is 0 Å². The number of nitrogens with zero attached hydrogens (tertiary/aromatic N) is 1. The van der Waals surface area contributed by atoms with Gasteiger partial charge in [-0.3, -0.25) is 4.79 Å².